The number of furan rings is 2. The zero-order valence-electron chi connectivity index (χ0n) is 33.7. The first-order valence-corrected chi connectivity index (χ1v) is 21.2. The topological polar surface area (TPSA) is 29.5 Å². The lowest BCUT2D eigenvalue weighted by molar-refractivity contribution is 0.660. The van der Waals surface area contributed by atoms with Crippen LogP contribution in [0.25, 0.3) is 77.3 Å². The molecule has 3 heteroatoms. The van der Waals surface area contributed by atoms with E-state index in [4.69, 9.17) is 8.83 Å². The minimum absolute atomic E-state index is 0.160. The molecule has 0 aliphatic heterocycles. The van der Waals surface area contributed by atoms with Crippen molar-refractivity contribution in [3.8, 4) is 33.4 Å². The molecule has 11 aromatic rings. The number of hydrogen-bond donors (Lipinski definition) is 0. The van der Waals surface area contributed by atoms with E-state index >= 15 is 0 Å². The van der Waals surface area contributed by atoms with E-state index < -0.39 is 5.41 Å². The summed E-state index contributed by atoms with van der Waals surface area (Å²) in [7, 11) is 0. The van der Waals surface area contributed by atoms with Crippen LogP contribution in [0.15, 0.2) is 197 Å². The first-order chi connectivity index (χ1) is 30.0. The van der Waals surface area contributed by atoms with Gasteiger partial charge >= 0.3 is 0 Å². The highest BCUT2D eigenvalue weighted by Gasteiger charge is 2.53. The second kappa shape index (κ2) is 11.6. The van der Waals surface area contributed by atoms with Crippen molar-refractivity contribution >= 4 is 60.9 Å². The monoisotopic (exact) mass is 779 g/mol. The zero-order valence-corrected chi connectivity index (χ0v) is 33.7. The van der Waals surface area contributed by atoms with Crippen LogP contribution in [0.3, 0.4) is 0 Å². The van der Waals surface area contributed by atoms with E-state index in [9.17, 15) is 0 Å². The summed E-state index contributed by atoms with van der Waals surface area (Å²) in [4.78, 5) is 2.50. The second-order valence-electron chi connectivity index (χ2n) is 17.5. The van der Waals surface area contributed by atoms with E-state index in [1.807, 2.05) is 6.07 Å². The Kier molecular flexibility index (Phi) is 6.30. The van der Waals surface area contributed by atoms with Crippen molar-refractivity contribution in [1.82, 2.24) is 0 Å². The highest BCUT2D eigenvalue weighted by Crippen LogP contribution is 2.65. The molecule has 0 saturated heterocycles. The van der Waals surface area contributed by atoms with E-state index in [-0.39, 0.29) is 5.41 Å². The molecule has 2 aromatic heterocycles. The average Bonchev–Trinajstić information content (AvgIpc) is 4.07. The fourth-order valence-electron chi connectivity index (χ4n) is 11.7. The zero-order chi connectivity index (χ0) is 40.2. The largest absolute Gasteiger partial charge is 0.456 e. The molecule has 0 radical (unpaired) electrons. The summed E-state index contributed by atoms with van der Waals surface area (Å²) in [6.07, 6.45) is 0. The van der Waals surface area contributed by atoms with Crippen LogP contribution in [0.5, 0.6) is 0 Å². The number of para-hydroxylation sites is 2. The second-order valence-corrected chi connectivity index (χ2v) is 17.5. The fraction of sp³-hybridized carbons (Fsp3) is 0.0690. The molecule has 0 saturated carbocycles. The number of nitrogens with zero attached hydrogens (tertiary/aromatic N) is 1. The Morgan fingerprint density at radius 1 is 0.344 bits per heavy atom. The lowest BCUT2D eigenvalue weighted by Crippen LogP contribution is -2.26. The Labute approximate surface area is 352 Å². The maximum absolute atomic E-state index is 6.65. The summed E-state index contributed by atoms with van der Waals surface area (Å²) in [5, 5.41) is 4.51. The minimum Gasteiger partial charge on any atom is -0.456 e. The molecule has 2 heterocycles. The van der Waals surface area contributed by atoms with Gasteiger partial charge in [-0.1, -0.05) is 141 Å². The first-order valence-electron chi connectivity index (χ1n) is 21.2. The molecule has 61 heavy (non-hydrogen) atoms. The summed E-state index contributed by atoms with van der Waals surface area (Å²) in [5.41, 5.74) is 21.7. The lowest BCUT2D eigenvalue weighted by atomic mass is 9.70. The van der Waals surface area contributed by atoms with Crippen molar-refractivity contribution in [1.29, 1.82) is 0 Å². The van der Waals surface area contributed by atoms with Crippen molar-refractivity contribution in [2.24, 2.45) is 0 Å². The molecule has 286 valence electrons. The molecule has 1 atom stereocenters. The molecular formula is C58H37NO2. The van der Waals surface area contributed by atoms with Gasteiger partial charge in [-0.05, 0) is 122 Å². The first kappa shape index (κ1) is 33.2. The van der Waals surface area contributed by atoms with Crippen LogP contribution in [0.4, 0.5) is 17.1 Å². The smallest absolute Gasteiger partial charge is 0.135 e. The highest BCUT2D eigenvalue weighted by molar-refractivity contribution is 6.10. The van der Waals surface area contributed by atoms with Gasteiger partial charge in [0.2, 0.25) is 0 Å². The Hall–Kier alpha value is -7.62. The van der Waals surface area contributed by atoms with E-state index in [0.29, 0.717) is 0 Å². The molecule has 3 aliphatic carbocycles. The van der Waals surface area contributed by atoms with Crippen molar-refractivity contribution in [2.75, 3.05) is 4.90 Å². The maximum Gasteiger partial charge on any atom is 0.135 e. The summed E-state index contributed by atoms with van der Waals surface area (Å²) in [6, 6.07) is 69.3. The van der Waals surface area contributed by atoms with Gasteiger partial charge in [-0.3, -0.25) is 0 Å². The van der Waals surface area contributed by atoms with Gasteiger partial charge in [0.25, 0.3) is 0 Å². The quantitative estimate of drug-likeness (QED) is 0.179. The standard InChI is InChI=1S/C58H37NO2/c1-57(2)45-19-8-3-14-36(45)38-28-26-35(31-49(38)57)59(34-27-29-54-43(30-34)39-16-6-11-24-52(39)60-54)51-23-13-22-48-56(51)41-18-5-10-21-47(41)58(48)46-20-9-4-15-37(46)42-32-44-40-17-7-12-25-53(40)61-55(44)33-50(42)58/h3-33H,1-2H3. The number of hydrogen-bond acceptors (Lipinski definition) is 3. The third kappa shape index (κ3) is 4.13. The van der Waals surface area contributed by atoms with Gasteiger partial charge in [0.15, 0.2) is 0 Å². The number of rotatable bonds is 3. The Balaban J connectivity index is 1.07. The molecule has 0 N–H and O–H groups in total. The Morgan fingerprint density at radius 2 is 0.885 bits per heavy atom. The fourth-order valence-corrected chi connectivity index (χ4v) is 11.7. The number of anilines is 3. The number of fused-ring (bicyclic) bond motifs is 19. The normalized spacial score (nSPS) is 16.2. The molecular weight excluding hydrogens is 743 g/mol. The molecule has 0 amide bonds. The van der Waals surface area contributed by atoms with Crippen LogP contribution in [-0.2, 0) is 10.8 Å². The van der Waals surface area contributed by atoms with E-state index in [2.05, 4.69) is 201 Å². The van der Waals surface area contributed by atoms with Crippen LogP contribution in [-0.4, -0.2) is 0 Å². The van der Waals surface area contributed by atoms with Crippen LogP contribution >= 0.6 is 0 Å². The third-order valence-corrected chi connectivity index (χ3v) is 14.3. The predicted octanol–water partition coefficient (Wildman–Crippen LogP) is 15.6. The van der Waals surface area contributed by atoms with Gasteiger partial charge in [-0.15, -0.1) is 0 Å². The van der Waals surface area contributed by atoms with Crippen LogP contribution in [0.2, 0.25) is 0 Å². The van der Waals surface area contributed by atoms with Gasteiger partial charge in [0.05, 0.1) is 11.1 Å². The van der Waals surface area contributed by atoms with E-state index in [1.54, 1.807) is 0 Å². The van der Waals surface area contributed by atoms with Gasteiger partial charge in [-0.25, -0.2) is 0 Å². The molecule has 0 fully saturated rings. The van der Waals surface area contributed by atoms with Crippen LogP contribution in [0.1, 0.15) is 47.2 Å². The van der Waals surface area contributed by atoms with Gasteiger partial charge in [0, 0.05) is 43.9 Å². The summed E-state index contributed by atoms with van der Waals surface area (Å²) in [6.45, 7) is 4.73. The molecule has 3 aliphatic rings. The van der Waals surface area contributed by atoms with Crippen LogP contribution in [0, 0.1) is 0 Å². The Bertz CT molecular complexity index is 3710. The third-order valence-electron chi connectivity index (χ3n) is 14.3. The van der Waals surface area contributed by atoms with Crippen molar-refractivity contribution in [3.63, 3.8) is 0 Å². The SMILES string of the molecule is CC1(C)c2ccccc2-c2ccc(N(c3ccc4oc5ccccc5c4c3)c3cccc4c3-c3ccccc3C43c4ccccc4-c4cc5c(cc43)oc3ccccc35)cc21. The molecule has 1 unspecified atom stereocenters. The average molecular weight is 780 g/mol. The van der Waals surface area contributed by atoms with Gasteiger partial charge in [-0.2, -0.15) is 0 Å². The van der Waals surface area contributed by atoms with E-state index in [1.165, 1.54) is 66.8 Å². The molecule has 9 aromatic carbocycles. The predicted molar refractivity (Wildman–Crippen MR) is 250 cm³/mol. The maximum atomic E-state index is 6.65. The van der Waals surface area contributed by atoms with Crippen LogP contribution < -0.4 is 4.90 Å². The summed E-state index contributed by atoms with van der Waals surface area (Å²) in [5.74, 6) is 0. The Morgan fingerprint density at radius 3 is 1.66 bits per heavy atom. The summed E-state index contributed by atoms with van der Waals surface area (Å²) >= 11 is 0. The lowest BCUT2D eigenvalue weighted by Gasteiger charge is -2.32. The van der Waals surface area contributed by atoms with Crippen molar-refractivity contribution in [2.45, 2.75) is 24.7 Å². The van der Waals surface area contributed by atoms with Crippen molar-refractivity contribution < 1.29 is 8.83 Å². The molecule has 0 bridgehead atoms. The van der Waals surface area contributed by atoms with Crippen molar-refractivity contribution in [3.05, 3.63) is 221 Å². The minimum atomic E-state index is -0.557. The molecule has 1 spiro atoms. The van der Waals surface area contributed by atoms with Gasteiger partial charge in [0.1, 0.15) is 22.3 Å². The highest BCUT2D eigenvalue weighted by atomic mass is 16.3. The molecule has 14 rings (SSSR count). The molecule has 3 nitrogen and oxygen atoms in total. The number of benzene rings is 9. The van der Waals surface area contributed by atoms with Gasteiger partial charge < -0.3 is 13.7 Å². The van der Waals surface area contributed by atoms with E-state index in [0.717, 1.165) is 60.9 Å². The summed E-state index contributed by atoms with van der Waals surface area (Å²) < 4.78 is 13.0.